The number of carbonyl (C=O) groups is 2. The number of likely N-dealkylation sites (N-methyl/N-ethyl adjacent to an activating group) is 1. The third-order valence-corrected chi connectivity index (χ3v) is 2.19. The summed E-state index contributed by atoms with van der Waals surface area (Å²) in [4.78, 5) is 23.6. The van der Waals surface area contributed by atoms with Crippen LogP contribution < -0.4 is 5.32 Å². The van der Waals surface area contributed by atoms with Gasteiger partial charge in [0.25, 0.3) is 0 Å². The Morgan fingerprint density at radius 2 is 2.46 bits per heavy atom. The molecule has 1 aliphatic rings. The van der Waals surface area contributed by atoms with E-state index in [1.54, 1.807) is 0 Å². The first-order chi connectivity index (χ1) is 6.13. The van der Waals surface area contributed by atoms with Crippen molar-refractivity contribution in [3.8, 4) is 0 Å². The summed E-state index contributed by atoms with van der Waals surface area (Å²) in [7, 11) is 0. The lowest BCUT2D eigenvalue weighted by Gasteiger charge is -2.18. The zero-order valence-electron chi connectivity index (χ0n) is 7.62. The van der Waals surface area contributed by atoms with E-state index in [2.05, 4.69) is 5.32 Å². The molecule has 0 radical (unpaired) electrons. The SMILES string of the molecule is CCN1CC(=O)NCC(C(=O)O)C1. The van der Waals surface area contributed by atoms with Crippen LogP contribution in [-0.2, 0) is 9.59 Å². The van der Waals surface area contributed by atoms with Gasteiger partial charge in [-0.15, -0.1) is 0 Å². The second-order valence-corrected chi connectivity index (χ2v) is 3.17. The molecule has 1 rings (SSSR count). The van der Waals surface area contributed by atoms with Crippen LogP contribution in [0.3, 0.4) is 0 Å². The van der Waals surface area contributed by atoms with Crippen molar-refractivity contribution in [3.63, 3.8) is 0 Å². The third kappa shape index (κ3) is 2.69. The maximum Gasteiger partial charge on any atom is 0.309 e. The molecule has 5 nitrogen and oxygen atoms in total. The smallest absolute Gasteiger partial charge is 0.309 e. The number of carbonyl (C=O) groups excluding carboxylic acids is 1. The van der Waals surface area contributed by atoms with Gasteiger partial charge in [0.1, 0.15) is 0 Å². The molecule has 2 N–H and O–H groups in total. The Hall–Kier alpha value is -1.10. The molecule has 1 amide bonds. The highest BCUT2D eigenvalue weighted by Gasteiger charge is 2.25. The standard InChI is InChI=1S/C8H14N2O3/c1-2-10-4-6(8(12)13)3-9-7(11)5-10/h6H,2-5H2,1H3,(H,9,11)(H,12,13). The van der Waals surface area contributed by atoms with Gasteiger partial charge < -0.3 is 10.4 Å². The molecule has 0 bridgehead atoms. The first-order valence-electron chi connectivity index (χ1n) is 4.35. The second-order valence-electron chi connectivity index (χ2n) is 3.17. The maximum absolute atomic E-state index is 11.1. The summed E-state index contributed by atoms with van der Waals surface area (Å²) in [5.41, 5.74) is 0. The van der Waals surface area contributed by atoms with E-state index in [4.69, 9.17) is 5.11 Å². The Morgan fingerprint density at radius 3 is 3.00 bits per heavy atom. The van der Waals surface area contributed by atoms with Crippen LogP contribution in [0.1, 0.15) is 6.92 Å². The van der Waals surface area contributed by atoms with Crippen molar-refractivity contribution in [2.75, 3.05) is 26.2 Å². The van der Waals surface area contributed by atoms with Gasteiger partial charge in [0.2, 0.25) is 5.91 Å². The number of hydrogen-bond acceptors (Lipinski definition) is 3. The summed E-state index contributed by atoms with van der Waals surface area (Å²) in [5.74, 6) is -1.42. The molecule has 13 heavy (non-hydrogen) atoms. The van der Waals surface area contributed by atoms with E-state index >= 15 is 0 Å². The summed E-state index contributed by atoms with van der Waals surface area (Å²) in [6, 6.07) is 0. The average Bonchev–Trinajstić information content (AvgIpc) is 2.26. The number of carboxylic acids is 1. The summed E-state index contributed by atoms with van der Waals surface area (Å²) < 4.78 is 0. The number of rotatable bonds is 2. The van der Waals surface area contributed by atoms with Gasteiger partial charge in [-0.2, -0.15) is 0 Å². The Balaban J connectivity index is 2.61. The molecule has 0 aromatic carbocycles. The second kappa shape index (κ2) is 4.23. The first-order valence-corrected chi connectivity index (χ1v) is 4.35. The van der Waals surface area contributed by atoms with Gasteiger partial charge in [0, 0.05) is 13.1 Å². The zero-order valence-corrected chi connectivity index (χ0v) is 7.62. The van der Waals surface area contributed by atoms with E-state index in [9.17, 15) is 9.59 Å². The van der Waals surface area contributed by atoms with Crippen LogP contribution in [0.4, 0.5) is 0 Å². The molecule has 74 valence electrons. The lowest BCUT2D eigenvalue weighted by atomic mass is 10.1. The van der Waals surface area contributed by atoms with Gasteiger partial charge in [0.05, 0.1) is 12.5 Å². The van der Waals surface area contributed by atoms with E-state index in [0.29, 0.717) is 19.6 Å². The predicted molar refractivity (Wildman–Crippen MR) is 46.2 cm³/mol. The molecule has 5 heteroatoms. The predicted octanol–water partition coefficient (Wildman–Crippen LogP) is -0.861. The van der Waals surface area contributed by atoms with Crippen molar-refractivity contribution in [2.24, 2.45) is 5.92 Å². The van der Waals surface area contributed by atoms with Crippen LogP contribution in [0, 0.1) is 5.92 Å². The number of aliphatic carboxylic acids is 1. The summed E-state index contributed by atoms with van der Waals surface area (Å²) in [6.07, 6.45) is 0. The van der Waals surface area contributed by atoms with E-state index in [0.717, 1.165) is 0 Å². The number of hydrogen-bond donors (Lipinski definition) is 2. The lowest BCUT2D eigenvalue weighted by molar-refractivity contribution is -0.141. The molecule has 0 aliphatic carbocycles. The molecule has 1 aliphatic heterocycles. The molecule has 1 fully saturated rings. The van der Waals surface area contributed by atoms with Crippen LogP contribution in [0.15, 0.2) is 0 Å². The maximum atomic E-state index is 11.1. The summed E-state index contributed by atoms with van der Waals surface area (Å²) >= 11 is 0. The lowest BCUT2D eigenvalue weighted by Crippen LogP contribution is -2.33. The van der Waals surface area contributed by atoms with Gasteiger partial charge in [0.15, 0.2) is 0 Å². The van der Waals surface area contributed by atoms with Crippen LogP contribution in [0.2, 0.25) is 0 Å². The van der Waals surface area contributed by atoms with Crippen LogP contribution in [0.5, 0.6) is 0 Å². The van der Waals surface area contributed by atoms with Gasteiger partial charge in [-0.1, -0.05) is 6.92 Å². The fourth-order valence-corrected chi connectivity index (χ4v) is 1.34. The Morgan fingerprint density at radius 1 is 1.77 bits per heavy atom. The van der Waals surface area contributed by atoms with E-state index in [-0.39, 0.29) is 12.5 Å². The van der Waals surface area contributed by atoms with Gasteiger partial charge in [-0.05, 0) is 6.54 Å². The normalized spacial score (nSPS) is 25.0. The number of amides is 1. The topological polar surface area (TPSA) is 69.6 Å². The number of carboxylic acid groups (broad SMARTS) is 1. The highest BCUT2D eigenvalue weighted by Crippen LogP contribution is 2.03. The minimum Gasteiger partial charge on any atom is -0.481 e. The van der Waals surface area contributed by atoms with E-state index in [1.165, 1.54) is 0 Å². The van der Waals surface area contributed by atoms with E-state index < -0.39 is 11.9 Å². The summed E-state index contributed by atoms with van der Waals surface area (Å²) in [5, 5.41) is 11.4. The molecular formula is C8H14N2O3. The highest BCUT2D eigenvalue weighted by atomic mass is 16.4. The Labute approximate surface area is 76.7 Å². The van der Waals surface area contributed by atoms with Crippen molar-refractivity contribution in [1.29, 1.82) is 0 Å². The molecular weight excluding hydrogens is 172 g/mol. The molecule has 0 spiro atoms. The molecule has 0 aromatic rings. The molecule has 1 saturated heterocycles. The molecule has 1 unspecified atom stereocenters. The van der Waals surface area contributed by atoms with Crippen molar-refractivity contribution in [3.05, 3.63) is 0 Å². The van der Waals surface area contributed by atoms with Crippen LogP contribution in [0.25, 0.3) is 0 Å². The quantitative estimate of drug-likeness (QED) is 0.588. The van der Waals surface area contributed by atoms with Gasteiger partial charge in [-0.25, -0.2) is 0 Å². The zero-order chi connectivity index (χ0) is 9.84. The van der Waals surface area contributed by atoms with Crippen molar-refractivity contribution in [1.82, 2.24) is 10.2 Å². The molecule has 0 aromatic heterocycles. The van der Waals surface area contributed by atoms with Crippen molar-refractivity contribution < 1.29 is 14.7 Å². The minimum atomic E-state index is -0.847. The van der Waals surface area contributed by atoms with Crippen LogP contribution in [-0.4, -0.2) is 48.1 Å². The van der Waals surface area contributed by atoms with Crippen LogP contribution >= 0.6 is 0 Å². The van der Waals surface area contributed by atoms with E-state index in [1.807, 2.05) is 11.8 Å². The number of nitrogens with one attached hydrogen (secondary N) is 1. The first kappa shape index (κ1) is 9.98. The minimum absolute atomic E-state index is 0.0920. The van der Waals surface area contributed by atoms with Gasteiger partial charge in [-0.3, -0.25) is 14.5 Å². The molecule has 1 heterocycles. The fraction of sp³-hybridized carbons (Fsp3) is 0.750. The third-order valence-electron chi connectivity index (χ3n) is 2.19. The molecule has 0 saturated carbocycles. The Kier molecular flexibility index (Phi) is 3.25. The van der Waals surface area contributed by atoms with Gasteiger partial charge >= 0.3 is 5.97 Å². The highest BCUT2D eigenvalue weighted by molar-refractivity contribution is 5.80. The number of nitrogens with zero attached hydrogens (tertiary/aromatic N) is 1. The molecule has 1 atom stereocenters. The monoisotopic (exact) mass is 186 g/mol. The largest absolute Gasteiger partial charge is 0.481 e. The fourth-order valence-electron chi connectivity index (χ4n) is 1.34. The van der Waals surface area contributed by atoms with Crippen molar-refractivity contribution in [2.45, 2.75) is 6.92 Å². The van der Waals surface area contributed by atoms with Crippen molar-refractivity contribution >= 4 is 11.9 Å². The average molecular weight is 186 g/mol. The Bertz CT molecular complexity index is 217. The summed E-state index contributed by atoms with van der Waals surface area (Å²) in [6.45, 7) is 3.62.